The molecule has 0 bridgehead atoms. The molecular weight excluding hydrogens is 255 g/mol. The van der Waals surface area contributed by atoms with E-state index in [0.29, 0.717) is 22.5 Å². The summed E-state index contributed by atoms with van der Waals surface area (Å²) in [6.07, 6.45) is 0. The summed E-state index contributed by atoms with van der Waals surface area (Å²) >= 11 is 0. The molecule has 0 aromatic heterocycles. The molecule has 0 atom stereocenters. The monoisotopic (exact) mass is 272 g/mol. The first-order valence-electron chi connectivity index (χ1n) is 6.32. The standard InChI is InChI=1S/C16H17FN2O/c1-9-6-11(3)15(18)8-13(9)16(20)19-12-4-5-14(17)10(2)7-12/h4-8H,18H2,1-3H3,(H,19,20). The van der Waals surface area contributed by atoms with E-state index in [1.54, 1.807) is 19.1 Å². The number of aryl methyl sites for hydroxylation is 3. The van der Waals surface area contributed by atoms with Gasteiger partial charge < -0.3 is 11.1 Å². The first-order chi connectivity index (χ1) is 9.38. The van der Waals surface area contributed by atoms with Crippen molar-refractivity contribution >= 4 is 17.3 Å². The minimum absolute atomic E-state index is 0.250. The number of hydrogen-bond donors (Lipinski definition) is 2. The molecule has 104 valence electrons. The Kier molecular flexibility index (Phi) is 3.74. The third-order valence-corrected chi connectivity index (χ3v) is 3.27. The summed E-state index contributed by atoms with van der Waals surface area (Å²) in [6.45, 7) is 5.41. The molecule has 0 aliphatic rings. The third kappa shape index (κ3) is 2.79. The van der Waals surface area contributed by atoms with Gasteiger partial charge in [-0.1, -0.05) is 6.07 Å². The van der Waals surface area contributed by atoms with E-state index >= 15 is 0 Å². The average molecular weight is 272 g/mol. The van der Waals surface area contributed by atoms with E-state index in [9.17, 15) is 9.18 Å². The van der Waals surface area contributed by atoms with Crippen LogP contribution >= 0.6 is 0 Å². The van der Waals surface area contributed by atoms with Gasteiger partial charge in [-0.05, 0) is 61.7 Å². The Morgan fingerprint density at radius 3 is 2.40 bits per heavy atom. The molecule has 20 heavy (non-hydrogen) atoms. The summed E-state index contributed by atoms with van der Waals surface area (Å²) in [5, 5.41) is 2.75. The second kappa shape index (κ2) is 5.33. The summed E-state index contributed by atoms with van der Waals surface area (Å²) < 4.78 is 13.2. The van der Waals surface area contributed by atoms with E-state index < -0.39 is 0 Å². The topological polar surface area (TPSA) is 55.1 Å². The molecule has 2 aromatic rings. The van der Waals surface area contributed by atoms with Crippen molar-refractivity contribution < 1.29 is 9.18 Å². The van der Waals surface area contributed by atoms with E-state index in [2.05, 4.69) is 5.32 Å². The van der Waals surface area contributed by atoms with Crippen LogP contribution in [0.2, 0.25) is 0 Å². The van der Waals surface area contributed by atoms with Gasteiger partial charge >= 0.3 is 0 Å². The largest absolute Gasteiger partial charge is 0.398 e. The number of nitrogens with two attached hydrogens (primary N) is 1. The quantitative estimate of drug-likeness (QED) is 0.821. The molecule has 0 aliphatic heterocycles. The maximum Gasteiger partial charge on any atom is 0.256 e. The van der Waals surface area contributed by atoms with Crippen LogP contribution in [0.3, 0.4) is 0 Å². The van der Waals surface area contributed by atoms with Gasteiger partial charge in [-0.2, -0.15) is 0 Å². The number of carbonyl (C=O) groups is 1. The normalized spacial score (nSPS) is 10.4. The zero-order chi connectivity index (χ0) is 14.9. The minimum Gasteiger partial charge on any atom is -0.398 e. The Morgan fingerprint density at radius 2 is 1.75 bits per heavy atom. The van der Waals surface area contributed by atoms with Crippen LogP contribution in [0.15, 0.2) is 30.3 Å². The van der Waals surface area contributed by atoms with E-state index in [1.807, 2.05) is 19.9 Å². The van der Waals surface area contributed by atoms with E-state index in [-0.39, 0.29) is 11.7 Å². The molecule has 2 aromatic carbocycles. The fourth-order valence-electron chi connectivity index (χ4n) is 2.03. The second-order valence-electron chi connectivity index (χ2n) is 4.94. The van der Waals surface area contributed by atoms with Crippen molar-refractivity contribution in [3.63, 3.8) is 0 Å². The van der Waals surface area contributed by atoms with Crippen LogP contribution in [-0.2, 0) is 0 Å². The lowest BCUT2D eigenvalue weighted by Gasteiger charge is -2.11. The maximum atomic E-state index is 13.2. The van der Waals surface area contributed by atoms with Crippen LogP contribution in [0, 0.1) is 26.6 Å². The maximum absolute atomic E-state index is 13.2. The van der Waals surface area contributed by atoms with E-state index in [0.717, 1.165) is 11.1 Å². The predicted molar refractivity (Wildman–Crippen MR) is 79.4 cm³/mol. The highest BCUT2D eigenvalue weighted by Gasteiger charge is 2.11. The van der Waals surface area contributed by atoms with Gasteiger partial charge in [0.15, 0.2) is 0 Å². The summed E-state index contributed by atoms with van der Waals surface area (Å²) in [7, 11) is 0. The highest BCUT2D eigenvalue weighted by Crippen LogP contribution is 2.20. The lowest BCUT2D eigenvalue weighted by atomic mass is 10.0. The number of nitrogen functional groups attached to an aromatic ring is 1. The summed E-state index contributed by atoms with van der Waals surface area (Å²) in [5.74, 6) is -0.543. The summed E-state index contributed by atoms with van der Waals surface area (Å²) in [5.41, 5.74) is 9.79. The molecule has 0 spiro atoms. The molecule has 0 aliphatic carbocycles. The lowest BCUT2D eigenvalue weighted by molar-refractivity contribution is 0.102. The number of carbonyl (C=O) groups excluding carboxylic acids is 1. The van der Waals surface area contributed by atoms with Gasteiger partial charge in [0.25, 0.3) is 5.91 Å². The molecule has 0 saturated heterocycles. The van der Waals surface area contributed by atoms with Crippen molar-refractivity contribution in [1.82, 2.24) is 0 Å². The Morgan fingerprint density at radius 1 is 1.05 bits per heavy atom. The second-order valence-corrected chi connectivity index (χ2v) is 4.94. The van der Waals surface area contributed by atoms with Gasteiger partial charge in [0, 0.05) is 16.9 Å². The van der Waals surface area contributed by atoms with Crippen molar-refractivity contribution in [2.75, 3.05) is 11.1 Å². The van der Waals surface area contributed by atoms with Crippen LogP contribution in [0.4, 0.5) is 15.8 Å². The Labute approximate surface area is 117 Å². The summed E-state index contributed by atoms with van der Waals surface area (Å²) in [4.78, 5) is 12.2. The predicted octanol–water partition coefficient (Wildman–Crippen LogP) is 3.59. The number of nitrogens with one attached hydrogen (secondary N) is 1. The number of amides is 1. The van der Waals surface area contributed by atoms with Crippen molar-refractivity contribution in [2.24, 2.45) is 0 Å². The first kappa shape index (κ1) is 14.1. The lowest BCUT2D eigenvalue weighted by Crippen LogP contribution is -2.14. The Balaban J connectivity index is 2.28. The molecule has 0 saturated carbocycles. The van der Waals surface area contributed by atoms with Crippen LogP contribution in [-0.4, -0.2) is 5.91 Å². The van der Waals surface area contributed by atoms with Crippen molar-refractivity contribution in [2.45, 2.75) is 20.8 Å². The number of rotatable bonds is 2. The fraction of sp³-hybridized carbons (Fsp3) is 0.188. The van der Waals surface area contributed by atoms with Gasteiger partial charge in [-0.25, -0.2) is 4.39 Å². The number of halogens is 1. The zero-order valence-electron chi connectivity index (χ0n) is 11.8. The average Bonchev–Trinajstić information content (AvgIpc) is 2.38. The van der Waals surface area contributed by atoms with Gasteiger partial charge in [0.1, 0.15) is 5.82 Å². The molecule has 3 N–H and O–H groups in total. The molecule has 4 heteroatoms. The van der Waals surface area contributed by atoms with E-state index in [1.165, 1.54) is 12.1 Å². The highest BCUT2D eigenvalue weighted by atomic mass is 19.1. The molecule has 2 rings (SSSR count). The molecule has 0 radical (unpaired) electrons. The van der Waals surface area contributed by atoms with Gasteiger partial charge in [-0.15, -0.1) is 0 Å². The van der Waals surface area contributed by atoms with Crippen molar-refractivity contribution in [3.8, 4) is 0 Å². The molecule has 3 nitrogen and oxygen atoms in total. The zero-order valence-corrected chi connectivity index (χ0v) is 11.8. The van der Waals surface area contributed by atoms with Gasteiger partial charge in [0.2, 0.25) is 0 Å². The number of anilines is 2. The Bertz CT molecular complexity index is 680. The SMILES string of the molecule is Cc1cc(C)c(C(=O)Nc2ccc(F)c(C)c2)cc1N. The van der Waals surface area contributed by atoms with Crippen LogP contribution in [0.1, 0.15) is 27.0 Å². The molecule has 0 fully saturated rings. The number of benzene rings is 2. The molecule has 0 heterocycles. The number of hydrogen-bond acceptors (Lipinski definition) is 2. The molecule has 0 unspecified atom stereocenters. The first-order valence-corrected chi connectivity index (χ1v) is 6.32. The smallest absolute Gasteiger partial charge is 0.256 e. The van der Waals surface area contributed by atoms with Gasteiger partial charge in [0.05, 0.1) is 0 Å². The van der Waals surface area contributed by atoms with Crippen LogP contribution < -0.4 is 11.1 Å². The molecule has 1 amide bonds. The van der Waals surface area contributed by atoms with Crippen LogP contribution in [0.5, 0.6) is 0 Å². The highest BCUT2D eigenvalue weighted by molar-refractivity contribution is 6.06. The minimum atomic E-state index is -0.293. The fourth-order valence-corrected chi connectivity index (χ4v) is 2.03. The third-order valence-electron chi connectivity index (χ3n) is 3.27. The van der Waals surface area contributed by atoms with Crippen molar-refractivity contribution in [3.05, 3.63) is 58.4 Å². The van der Waals surface area contributed by atoms with E-state index in [4.69, 9.17) is 5.73 Å². The van der Waals surface area contributed by atoms with Gasteiger partial charge in [-0.3, -0.25) is 4.79 Å². The van der Waals surface area contributed by atoms with Crippen molar-refractivity contribution in [1.29, 1.82) is 0 Å². The molecular formula is C16H17FN2O. The Hall–Kier alpha value is -2.36. The summed E-state index contributed by atoms with van der Waals surface area (Å²) in [6, 6.07) is 8.01. The van der Waals surface area contributed by atoms with Crippen LogP contribution in [0.25, 0.3) is 0 Å².